The predicted octanol–water partition coefficient (Wildman–Crippen LogP) is 1.85. The van der Waals surface area contributed by atoms with Crippen molar-refractivity contribution in [1.29, 1.82) is 0 Å². The number of amides is 3. The van der Waals surface area contributed by atoms with E-state index < -0.39 is 42.9 Å². The molecule has 0 aliphatic carbocycles. The van der Waals surface area contributed by atoms with Gasteiger partial charge in [-0.2, -0.15) is 13.2 Å². The van der Waals surface area contributed by atoms with E-state index in [9.17, 15) is 27.9 Å². The van der Waals surface area contributed by atoms with E-state index in [0.717, 1.165) is 0 Å². The van der Waals surface area contributed by atoms with Gasteiger partial charge in [-0.25, -0.2) is 9.78 Å². The van der Waals surface area contributed by atoms with Crippen LogP contribution in [-0.2, 0) is 4.79 Å². The second-order valence-corrected chi connectivity index (χ2v) is 9.82. The third-order valence-electron chi connectivity index (χ3n) is 6.96. The Hall–Kier alpha value is -4.30. The summed E-state index contributed by atoms with van der Waals surface area (Å²) in [6, 6.07) is 5.92. The van der Waals surface area contributed by atoms with Crippen molar-refractivity contribution >= 4 is 17.8 Å². The van der Waals surface area contributed by atoms with Gasteiger partial charge in [0.2, 0.25) is 5.91 Å². The van der Waals surface area contributed by atoms with Crippen LogP contribution in [0, 0.1) is 0 Å². The number of aliphatic hydroxyl groups excluding tert-OH is 2. The maximum atomic E-state index is 13.9. The van der Waals surface area contributed by atoms with Crippen molar-refractivity contribution in [2.24, 2.45) is 0 Å². The second-order valence-electron chi connectivity index (χ2n) is 9.82. The van der Waals surface area contributed by atoms with Crippen LogP contribution in [0.5, 0.6) is 5.75 Å². The molecule has 2 bridgehead atoms. The minimum absolute atomic E-state index is 0.0968. The molecule has 5 rings (SSSR count). The third-order valence-corrected chi connectivity index (χ3v) is 6.96. The lowest BCUT2D eigenvalue weighted by molar-refractivity contribution is -0.163. The van der Waals surface area contributed by atoms with E-state index in [1.54, 1.807) is 12.1 Å². The molecule has 2 unspecified atom stereocenters. The zero-order chi connectivity index (χ0) is 29.1. The number of hydrogen-bond acceptors (Lipinski definition) is 8. The van der Waals surface area contributed by atoms with Crippen LogP contribution in [0.4, 0.5) is 23.8 Å². The summed E-state index contributed by atoms with van der Waals surface area (Å²) in [6.07, 6.45) is -0.623. The molecule has 1 aromatic carbocycles. The molecule has 4 atom stereocenters. The molecule has 5 N–H and O–H groups in total. The molecule has 1 aromatic heterocycles. The molecule has 0 radical (unpaired) electrons. The number of ether oxygens (including phenoxy) is 1. The predicted molar refractivity (Wildman–Crippen MR) is 140 cm³/mol. The van der Waals surface area contributed by atoms with E-state index in [1.807, 2.05) is 4.90 Å². The highest BCUT2D eigenvalue weighted by molar-refractivity contribution is 5.91. The van der Waals surface area contributed by atoms with Crippen molar-refractivity contribution in [2.75, 3.05) is 31.6 Å². The number of halogens is 3. The highest BCUT2D eigenvalue weighted by atomic mass is 19.4. The minimum atomic E-state index is -4.72. The van der Waals surface area contributed by atoms with Crippen molar-refractivity contribution in [3.05, 3.63) is 77.9 Å². The van der Waals surface area contributed by atoms with Crippen LogP contribution < -0.4 is 20.7 Å². The van der Waals surface area contributed by atoms with Gasteiger partial charge in [-0.3, -0.25) is 15.0 Å². The van der Waals surface area contributed by atoms with E-state index in [4.69, 9.17) is 9.84 Å². The average molecular weight is 575 g/mol. The number of urea groups is 1. The van der Waals surface area contributed by atoms with E-state index in [1.165, 1.54) is 53.6 Å². The van der Waals surface area contributed by atoms with E-state index >= 15 is 0 Å². The molecule has 41 heavy (non-hydrogen) atoms. The van der Waals surface area contributed by atoms with Crippen molar-refractivity contribution in [1.82, 2.24) is 25.4 Å². The Morgan fingerprint density at radius 1 is 1.22 bits per heavy atom. The molecule has 4 heterocycles. The zero-order valence-corrected chi connectivity index (χ0v) is 21.7. The number of nitrogens with one attached hydrogen (secondary N) is 3. The third kappa shape index (κ3) is 6.23. The Morgan fingerprint density at radius 3 is 2.73 bits per heavy atom. The first-order valence-electron chi connectivity index (χ1n) is 13.0. The average Bonchev–Trinajstić information content (AvgIpc) is 3.38. The summed E-state index contributed by atoms with van der Waals surface area (Å²) in [6.45, 7) is 0.584. The first-order valence-corrected chi connectivity index (χ1v) is 13.0. The largest absolute Gasteiger partial charge is 0.491 e. The summed E-state index contributed by atoms with van der Waals surface area (Å²) >= 11 is 0. The topological polar surface area (TPSA) is 139 Å². The molecule has 1 saturated heterocycles. The van der Waals surface area contributed by atoms with Crippen LogP contribution in [0.3, 0.4) is 0 Å². The fourth-order valence-corrected chi connectivity index (χ4v) is 4.97. The van der Waals surface area contributed by atoms with Crippen LogP contribution >= 0.6 is 0 Å². The number of anilines is 1. The number of fused-ring (bicyclic) bond motifs is 3. The Balaban J connectivity index is 1.32. The fourth-order valence-electron chi connectivity index (χ4n) is 4.97. The second kappa shape index (κ2) is 11.7. The summed E-state index contributed by atoms with van der Waals surface area (Å²) in [5.74, 6) is -0.129. The van der Waals surface area contributed by atoms with Gasteiger partial charge in [-0.15, -0.1) is 0 Å². The van der Waals surface area contributed by atoms with Gasteiger partial charge >= 0.3 is 12.2 Å². The molecule has 3 aliphatic heterocycles. The molecule has 3 amide bonds. The number of carbonyl (C=O) groups excluding carboxylic acids is 2. The van der Waals surface area contributed by atoms with Crippen LogP contribution in [-0.4, -0.2) is 87.6 Å². The number of dihydropyridines is 1. The maximum Gasteiger partial charge on any atom is 0.412 e. The van der Waals surface area contributed by atoms with Gasteiger partial charge < -0.3 is 30.5 Å². The minimum Gasteiger partial charge on any atom is -0.491 e. The lowest BCUT2D eigenvalue weighted by atomic mass is 10.0. The number of aliphatic hydroxyl groups is 2. The number of hydrogen-bond donors (Lipinski definition) is 5. The Morgan fingerprint density at radius 2 is 2.00 bits per heavy atom. The quantitative estimate of drug-likeness (QED) is 0.322. The number of rotatable bonds is 8. The summed E-state index contributed by atoms with van der Waals surface area (Å²) in [5.41, 5.74) is 0.553. The molecule has 1 fully saturated rings. The van der Waals surface area contributed by atoms with Crippen molar-refractivity contribution in [2.45, 2.75) is 36.8 Å². The SMILES string of the molecule is O=C(N[C@H](c1ccccc1)C(F)(F)F)C1C=CC2=C(N1)N(C(=O)Nc1cc(OC[C@H](O)CO)ccn1)C1CCN2C1. The molecular weight excluding hydrogens is 545 g/mol. The Labute approximate surface area is 233 Å². The molecule has 2 aromatic rings. The Kier molecular flexibility index (Phi) is 8.03. The number of pyridine rings is 1. The lowest BCUT2D eigenvalue weighted by Gasteiger charge is -2.41. The first-order chi connectivity index (χ1) is 19.6. The number of alkyl halides is 3. The molecular formula is C27H29F3N6O5. The molecule has 11 nitrogen and oxygen atoms in total. The number of aromatic nitrogens is 1. The van der Waals surface area contributed by atoms with Gasteiger partial charge in [0, 0.05) is 25.4 Å². The summed E-state index contributed by atoms with van der Waals surface area (Å²) in [5, 5.41) is 26.2. The van der Waals surface area contributed by atoms with E-state index in [-0.39, 0.29) is 24.0 Å². The highest BCUT2D eigenvalue weighted by Gasteiger charge is 2.45. The summed E-state index contributed by atoms with van der Waals surface area (Å²) < 4.78 is 47.0. The monoisotopic (exact) mass is 574 g/mol. The van der Waals surface area contributed by atoms with Gasteiger partial charge in [-0.1, -0.05) is 36.4 Å². The van der Waals surface area contributed by atoms with Crippen LogP contribution in [0.2, 0.25) is 0 Å². The molecule has 218 valence electrons. The molecule has 14 heteroatoms. The van der Waals surface area contributed by atoms with E-state index in [0.29, 0.717) is 36.8 Å². The van der Waals surface area contributed by atoms with Crippen LogP contribution in [0.1, 0.15) is 18.0 Å². The standard InChI is InChI=1S/C27H29F3N6O5/c28-27(29,30)23(16-4-2-1-3-5-16)34-25(39)20-6-7-21-24(32-20)36(17-9-11-35(21)13-17)26(40)33-22-12-19(8-10-31-22)41-15-18(38)14-37/h1-8,10,12,17-18,20,23,32,37-38H,9,11,13-15H2,(H,34,39)(H,31,33,40)/t17?,18-,20?,23-/m1/s1. The van der Waals surface area contributed by atoms with Gasteiger partial charge in [0.15, 0.2) is 6.04 Å². The number of benzene rings is 1. The van der Waals surface area contributed by atoms with E-state index in [2.05, 4.69) is 20.9 Å². The van der Waals surface area contributed by atoms with Gasteiger partial charge in [0.1, 0.15) is 36.1 Å². The first kappa shape index (κ1) is 28.2. The highest BCUT2D eigenvalue weighted by Crippen LogP contribution is 2.35. The van der Waals surface area contributed by atoms with Gasteiger partial charge in [0.05, 0.1) is 18.3 Å². The lowest BCUT2D eigenvalue weighted by Crippen LogP contribution is -2.56. The fraction of sp³-hybridized carbons (Fsp3) is 0.370. The number of carbonyl (C=O) groups is 2. The van der Waals surface area contributed by atoms with Crippen molar-refractivity contribution in [3.8, 4) is 5.75 Å². The maximum absolute atomic E-state index is 13.9. The normalized spacial score (nSPS) is 21.1. The number of nitrogens with zero attached hydrogens (tertiary/aromatic N) is 3. The molecule has 0 spiro atoms. The summed E-state index contributed by atoms with van der Waals surface area (Å²) in [7, 11) is 0. The smallest absolute Gasteiger partial charge is 0.412 e. The van der Waals surface area contributed by atoms with Gasteiger partial charge in [-0.05, 0) is 24.1 Å². The molecule has 3 aliphatic rings. The Bertz CT molecular complexity index is 1340. The van der Waals surface area contributed by atoms with Crippen molar-refractivity contribution in [3.63, 3.8) is 0 Å². The zero-order valence-electron chi connectivity index (χ0n) is 21.7. The molecule has 0 saturated carbocycles. The van der Waals surface area contributed by atoms with Crippen molar-refractivity contribution < 1.29 is 37.7 Å². The van der Waals surface area contributed by atoms with Gasteiger partial charge in [0.25, 0.3) is 0 Å². The van der Waals surface area contributed by atoms with Crippen LogP contribution in [0.15, 0.2) is 72.3 Å². The number of allylic oxidation sites excluding steroid dienone is 1. The summed E-state index contributed by atoms with van der Waals surface area (Å²) in [4.78, 5) is 34.2. The van der Waals surface area contributed by atoms with Crippen LogP contribution in [0.25, 0.3) is 0 Å².